The minimum absolute atomic E-state index is 0.0645. The molecule has 2 atom stereocenters. The summed E-state index contributed by atoms with van der Waals surface area (Å²) in [6.07, 6.45) is 1.01. The number of halogens is 2. The van der Waals surface area contributed by atoms with Gasteiger partial charge in [0.25, 0.3) is 0 Å². The number of nitrogens with two attached hydrogens (primary N) is 1. The lowest BCUT2D eigenvalue weighted by molar-refractivity contribution is 0.245. The fraction of sp³-hybridized carbons (Fsp3) is 0.500. The van der Waals surface area contributed by atoms with Crippen LogP contribution in [0.5, 0.6) is 0 Å². The van der Waals surface area contributed by atoms with Gasteiger partial charge in [0, 0.05) is 12.6 Å². The largest absolute Gasteiger partial charge is 0.397 e. The lowest BCUT2D eigenvalue weighted by atomic mass is 10.0. The summed E-state index contributed by atoms with van der Waals surface area (Å²) in [5.74, 6) is 0.0577. The first-order valence-electron chi connectivity index (χ1n) is 5.66. The maximum atomic E-state index is 13.3. The van der Waals surface area contributed by atoms with Gasteiger partial charge < -0.3 is 15.7 Å². The van der Waals surface area contributed by atoms with E-state index in [1.807, 2.05) is 0 Å². The summed E-state index contributed by atoms with van der Waals surface area (Å²) in [5.41, 5.74) is 7.06. The monoisotopic (exact) mass is 302 g/mol. The topological polar surface area (TPSA) is 49.5 Å². The Hall–Kier alpha value is -0.810. The molecule has 3 N–H and O–H groups in total. The van der Waals surface area contributed by atoms with Crippen LogP contribution in [0.2, 0.25) is 0 Å². The van der Waals surface area contributed by atoms with Gasteiger partial charge in [-0.3, -0.25) is 0 Å². The Morgan fingerprint density at radius 1 is 1.59 bits per heavy atom. The Morgan fingerprint density at radius 3 is 2.94 bits per heavy atom. The highest BCUT2D eigenvalue weighted by Gasteiger charge is 2.31. The van der Waals surface area contributed by atoms with Crippen molar-refractivity contribution in [2.45, 2.75) is 19.4 Å². The highest BCUT2D eigenvalue weighted by atomic mass is 79.9. The first-order chi connectivity index (χ1) is 8.04. The second-order valence-corrected chi connectivity index (χ2v) is 5.39. The molecule has 17 heavy (non-hydrogen) atoms. The van der Waals surface area contributed by atoms with E-state index in [0.717, 1.165) is 18.7 Å². The second kappa shape index (κ2) is 4.82. The zero-order chi connectivity index (χ0) is 12.6. The Bertz CT molecular complexity index is 427. The second-order valence-electron chi connectivity index (χ2n) is 4.53. The van der Waals surface area contributed by atoms with Gasteiger partial charge in [-0.25, -0.2) is 4.39 Å². The molecule has 0 amide bonds. The molecule has 1 heterocycles. The van der Waals surface area contributed by atoms with Crippen LogP contribution >= 0.6 is 15.9 Å². The standard InChI is InChI=1S/C12H16BrFN2O/c1-7-2-3-16(12(7)6-17)11-4-8(13)9(14)5-10(11)15/h4-5,7,12,17H,2-3,6,15H2,1H3. The molecule has 1 aliphatic rings. The highest BCUT2D eigenvalue weighted by molar-refractivity contribution is 9.10. The molecule has 1 aromatic rings. The molecule has 0 bridgehead atoms. The first-order valence-corrected chi connectivity index (χ1v) is 6.46. The number of hydrogen-bond donors (Lipinski definition) is 2. The van der Waals surface area contributed by atoms with Gasteiger partial charge in [-0.1, -0.05) is 6.92 Å². The number of aliphatic hydroxyl groups excluding tert-OH is 1. The molecule has 1 aliphatic heterocycles. The van der Waals surface area contributed by atoms with Gasteiger partial charge in [-0.2, -0.15) is 0 Å². The van der Waals surface area contributed by atoms with Crippen LogP contribution < -0.4 is 10.6 Å². The third kappa shape index (κ3) is 2.26. The van der Waals surface area contributed by atoms with Gasteiger partial charge in [-0.15, -0.1) is 0 Å². The summed E-state index contributed by atoms with van der Waals surface area (Å²) in [6.45, 7) is 3.04. The minimum atomic E-state index is -0.362. The summed E-state index contributed by atoms with van der Waals surface area (Å²) < 4.78 is 13.7. The van der Waals surface area contributed by atoms with Gasteiger partial charge in [0.15, 0.2) is 0 Å². The first kappa shape index (κ1) is 12.6. The number of nitrogens with zero attached hydrogens (tertiary/aromatic N) is 1. The Morgan fingerprint density at radius 2 is 2.29 bits per heavy atom. The Balaban J connectivity index is 2.37. The zero-order valence-electron chi connectivity index (χ0n) is 9.66. The third-order valence-corrected chi connectivity index (χ3v) is 4.06. The van der Waals surface area contributed by atoms with E-state index in [9.17, 15) is 9.50 Å². The smallest absolute Gasteiger partial charge is 0.139 e. The van der Waals surface area contributed by atoms with Crippen molar-refractivity contribution < 1.29 is 9.50 Å². The van der Waals surface area contributed by atoms with Crippen molar-refractivity contribution in [3.05, 3.63) is 22.4 Å². The molecular formula is C12H16BrFN2O. The normalized spacial score (nSPS) is 24.4. The van der Waals surface area contributed by atoms with Gasteiger partial charge in [0.1, 0.15) is 5.82 Å². The van der Waals surface area contributed by atoms with Crippen molar-refractivity contribution in [2.24, 2.45) is 5.92 Å². The molecule has 0 aliphatic carbocycles. The van der Waals surface area contributed by atoms with Crippen molar-refractivity contribution in [1.29, 1.82) is 0 Å². The predicted octanol–water partition coefficient (Wildman–Crippen LogP) is 2.38. The molecule has 0 spiro atoms. The zero-order valence-corrected chi connectivity index (χ0v) is 11.2. The predicted molar refractivity (Wildman–Crippen MR) is 70.5 cm³/mol. The molecule has 1 saturated heterocycles. The Kier molecular flexibility index (Phi) is 3.58. The van der Waals surface area contributed by atoms with Crippen LogP contribution in [-0.2, 0) is 0 Å². The van der Waals surface area contributed by atoms with Crippen LogP contribution in [0.1, 0.15) is 13.3 Å². The third-order valence-electron chi connectivity index (χ3n) is 3.45. The average Bonchev–Trinajstić information content (AvgIpc) is 2.64. The molecule has 3 nitrogen and oxygen atoms in total. The van der Waals surface area contributed by atoms with E-state index >= 15 is 0 Å². The van der Waals surface area contributed by atoms with Gasteiger partial charge in [0.05, 0.1) is 28.5 Å². The fourth-order valence-corrected chi connectivity index (χ4v) is 2.72. The number of nitrogen functional groups attached to an aromatic ring is 1. The van der Waals surface area contributed by atoms with E-state index in [-0.39, 0.29) is 18.5 Å². The molecule has 0 radical (unpaired) electrons. The number of benzene rings is 1. The van der Waals surface area contributed by atoms with Crippen molar-refractivity contribution in [2.75, 3.05) is 23.8 Å². The molecule has 2 rings (SSSR count). The van der Waals surface area contributed by atoms with Crippen molar-refractivity contribution >= 4 is 27.3 Å². The van der Waals surface area contributed by atoms with E-state index in [2.05, 4.69) is 27.8 Å². The molecular weight excluding hydrogens is 287 g/mol. The quantitative estimate of drug-likeness (QED) is 0.825. The molecule has 2 unspecified atom stereocenters. The van der Waals surface area contributed by atoms with Gasteiger partial charge in [0.2, 0.25) is 0 Å². The molecule has 0 aromatic heterocycles. The maximum Gasteiger partial charge on any atom is 0.139 e. The maximum absolute atomic E-state index is 13.3. The van der Waals surface area contributed by atoms with E-state index in [1.54, 1.807) is 6.07 Å². The van der Waals surface area contributed by atoms with Crippen molar-refractivity contribution in [1.82, 2.24) is 0 Å². The lowest BCUT2D eigenvalue weighted by Gasteiger charge is -2.28. The summed E-state index contributed by atoms with van der Waals surface area (Å²) in [7, 11) is 0. The van der Waals surface area contributed by atoms with Crippen molar-refractivity contribution in [3.63, 3.8) is 0 Å². The van der Waals surface area contributed by atoms with Crippen molar-refractivity contribution in [3.8, 4) is 0 Å². The van der Waals surface area contributed by atoms with Crippen LogP contribution in [-0.4, -0.2) is 24.3 Å². The molecule has 1 fully saturated rings. The lowest BCUT2D eigenvalue weighted by Crippen LogP contribution is -2.35. The summed E-state index contributed by atoms with van der Waals surface area (Å²) in [6, 6.07) is 3.07. The van der Waals surface area contributed by atoms with E-state index in [4.69, 9.17) is 5.73 Å². The van der Waals surface area contributed by atoms with Gasteiger partial charge in [-0.05, 0) is 34.3 Å². The molecule has 0 saturated carbocycles. The number of rotatable bonds is 2. The summed E-state index contributed by atoms with van der Waals surface area (Å²) >= 11 is 3.16. The molecule has 1 aromatic carbocycles. The van der Waals surface area contributed by atoms with Crippen LogP contribution in [0, 0.1) is 11.7 Å². The summed E-state index contributed by atoms with van der Waals surface area (Å²) in [5, 5.41) is 9.41. The average molecular weight is 303 g/mol. The van der Waals surface area contributed by atoms with Crippen LogP contribution in [0.3, 0.4) is 0 Å². The van der Waals surface area contributed by atoms with Gasteiger partial charge >= 0.3 is 0 Å². The Labute approximate surface area is 109 Å². The van der Waals surface area contributed by atoms with E-state index in [0.29, 0.717) is 16.1 Å². The van der Waals surface area contributed by atoms with Crippen LogP contribution in [0.25, 0.3) is 0 Å². The van der Waals surface area contributed by atoms with Crippen LogP contribution in [0.4, 0.5) is 15.8 Å². The van der Waals surface area contributed by atoms with Crippen LogP contribution in [0.15, 0.2) is 16.6 Å². The molecule has 94 valence electrons. The van der Waals surface area contributed by atoms with E-state index in [1.165, 1.54) is 6.07 Å². The highest BCUT2D eigenvalue weighted by Crippen LogP contribution is 2.35. The SMILES string of the molecule is CC1CCN(c2cc(Br)c(F)cc2N)C1CO. The molecule has 5 heteroatoms. The fourth-order valence-electron chi connectivity index (χ4n) is 2.39. The minimum Gasteiger partial charge on any atom is -0.397 e. The number of aliphatic hydroxyl groups is 1. The van der Waals surface area contributed by atoms with E-state index < -0.39 is 0 Å². The number of anilines is 2. The summed E-state index contributed by atoms with van der Waals surface area (Å²) in [4.78, 5) is 2.06. The number of hydrogen-bond acceptors (Lipinski definition) is 3.